The number of benzene rings is 2. The summed E-state index contributed by atoms with van der Waals surface area (Å²) in [4.78, 5) is 36.0. The minimum absolute atomic E-state index is 0.00941. The molecular formula is C25H18F3NO7. The lowest BCUT2D eigenvalue weighted by atomic mass is 9.89. The van der Waals surface area contributed by atoms with Gasteiger partial charge >= 0.3 is 11.8 Å². The maximum atomic E-state index is 13.4. The monoisotopic (exact) mass is 501 g/mol. The van der Waals surface area contributed by atoms with Crippen LogP contribution >= 0.6 is 0 Å². The molecule has 0 radical (unpaired) electrons. The Hall–Kier alpha value is -4.15. The Balaban J connectivity index is 1.92. The largest absolute Gasteiger partial charge is 0.489 e. The zero-order chi connectivity index (χ0) is 26.2. The van der Waals surface area contributed by atoms with Gasteiger partial charge in [-0.3, -0.25) is 14.9 Å². The minimum Gasteiger partial charge on any atom is -0.489 e. The molecule has 0 aliphatic carbocycles. The lowest BCUT2D eigenvalue weighted by Gasteiger charge is -2.33. The Morgan fingerprint density at radius 3 is 2.53 bits per heavy atom. The fraction of sp³-hybridized carbons (Fsp3) is 0.280. The number of nitrogens with zero attached hydrogens (tertiary/aromatic N) is 1. The highest BCUT2D eigenvalue weighted by Gasteiger charge is 2.40. The second-order valence-corrected chi connectivity index (χ2v) is 9.21. The van der Waals surface area contributed by atoms with E-state index >= 15 is 0 Å². The SMILES string of the molecule is CC1CC(=O)c2c(c3c(c4c(-c5ccc(C(F)(F)F)c([N+](=O)[O-])c5)cc(=O)oc24)OC(C)(C)C=C3)O1. The molecule has 11 heteroatoms. The molecule has 3 aromatic rings. The molecule has 186 valence electrons. The molecule has 0 saturated carbocycles. The van der Waals surface area contributed by atoms with Gasteiger partial charge in [0.25, 0.3) is 5.69 Å². The first-order valence-corrected chi connectivity index (χ1v) is 10.9. The molecule has 0 N–H and O–H groups in total. The number of fused-ring (bicyclic) bond motifs is 6. The Morgan fingerprint density at radius 1 is 1.14 bits per heavy atom. The molecule has 2 aliphatic rings. The maximum Gasteiger partial charge on any atom is 0.422 e. The van der Waals surface area contributed by atoms with E-state index in [0.717, 1.165) is 18.2 Å². The van der Waals surface area contributed by atoms with Crippen LogP contribution in [0.25, 0.3) is 28.2 Å². The van der Waals surface area contributed by atoms with E-state index in [9.17, 15) is 32.9 Å². The van der Waals surface area contributed by atoms with Gasteiger partial charge in [-0.2, -0.15) is 13.2 Å². The number of Topliss-reactive ketones (excluding diaryl/α,β-unsaturated/α-hetero) is 1. The van der Waals surface area contributed by atoms with Crippen LogP contribution in [0.3, 0.4) is 0 Å². The van der Waals surface area contributed by atoms with Crippen molar-refractivity contribution in [2.75, 3.05) is 0 Å². The summed E-state index contributed by atoms with van der Waals surface area (Å²) >= 11 is 0. The van der Waals surface area contributed by atoms with Crippen LogP contribution in [-0.4, -0.2) is 22.4 Å². The van der Waals surface area contributed by atoms with Gasteiger partial charge in [0, 0.05) is 24.1 Å². The number of ether oxygens (including phenoxy) is 2. The lowest BCUT2D eigenvalue weighted by Crippen LogP contribution is -2.30. The molecule has 1 aromatic heterocycles. The number of hydrogen-bond acceptors (Lipinski definition) is 7. The van der Waals surface area contributed by atoms with Crippen LogP contribution in [0.4, 0.5) is 18.9 Å². The van der Waals surface area contributed by atoms with Gasteiger partial charge in [-0.1, -0.05) is 6.07 Å². The molecule has 2 aromatic carbocycles. The highest BCUT2D eigenvalue weighted by molar-refractivity contribution is 6.15. The average molecular weight is 501 g/mol. The summed E-state index contributed by atoms with van der Waals surface area (Å²) in [5, 5.41) is 11.6. The highest BCUT2D eigenvalue weighted by Crippen LogP contribution is 2.50. The average Bonchev–Trinajstić information content (AvgIpc) is 2.76. The van der Waals surface area contributed by atoms with Gasteiger partial charge in [0.05, 0.1) is 15.9 Å². The van der Waals surface area contributed by atoms with E-state index in [1.54, 1.807) is 32.9 Å². The van der Waals surface area contributed by atoms with Gasteiger partial charge < -0.3 is 13.9 Å². The first kappa shape index (κ1) is 23.6. The van der Waals surface area contributed by atoms with Crippen LogP contribution in [-0.2, 0) is 6.18 Å². The fourth-order valence-electron chi connectivity index (χ4n) is 4.51. The third-order valence-electron chi connectivity index (χ3n) is 6.03. The molecule has 1 unspecified atom stereocenters. The van der Waals surface area contributed by atoms with E-state index < -0.39 is 39.7 Å². The van der Waals surface area contributed by atoms with Crippen LogP contribution in [0.1, 0.15) is 48.7 Å². The zero-order valence-corrected chi connectivity index (χ0v) is 19.2. The van der Waals surface area contributed by atoms with Gasteiger partial charge in [-0.15, -0.1) is 0 Å². The summed E-state index contributed by atoms with van der Waals surface area (Å²) in [6, 6.07) is 3.36. The first-order valence-electron chi connectivity index (χ1n) is 10.9. The van der Waals surface area contributed by atoms with Gasteiger partial charge in [0.15, 0.2) is 11.4 Å². The predicted molar refractivity (Wildman–Crippen MR) is 122 cm³/mol. The highest BCUT2D eigenvalue weighted by atomic mass is 19.4. The number of halogens is 3. The van der Waals surface area contributed by atoms with Gasteiger partial charge in [0.1, 0.15) is 34.3 Å². The number of ketones is 1. The van der Waals surface area contributed by atoms with Crippen molar-refractivity contribution in [2.24, 2.45) is 0 Å². The molecule has 2 aliphatic heterocycles. The van der Waals surface area contributed by atoms with E-state index in [-0.39, 0.29) is 51.4 Å². The molecule has 0 fully saturated rings. The number of alkyl halides is 3. The van der Waals surface area contributed by atoms with Crippen molar-refractivity contribution in [3.8, 4) is 22.6 Å². The molecule has 0 saturated heterocycles. The normalized spacial score (nSPS) is 18.3. The number of hydrogen-bond donors (Lipinski definition) is 0. The molecule has 36 heavy (non-hydrogen) atoms. The topological polar surface area (TPSA) is 109 Å². The van der Waals surface area contributed by atoms with Crippen LogP contribution in [0.15, 0.2) is 39.6 Å². The molecule has 5 rings (SSSR count). The third-order valence-corrected chi connectivity index (χ3v) is 6.03. The summed E-state index contributed by atoms with van der Waals surface area (Å²) in [6.07, 6.45) is -1.96. The van der Waals surface area contributed by atoms with Crippen molar-refractivity contribution in [1.29, 1.82) is 0 Å². The summed E-state index contributed by atoms with van der Waals surface area (Å²) in [5.74, 6) is -0.000338. The van der Waals surface area contributed by atoms with E-state index in [1.807, 2.05) is 0 Å². The van der Waals surface area contributed by atoms with E-state index in [0.29, 0.717) is 11.6 Å². The van der Waals surface area contributed by atoms with Gasteiger partial charge in [-0.25, -0.2) is 4.79 Å². The van der Waals surface area contributed by atoms with Crippen molar-refractivity contribution >= 4 is 28.5 Å². The van der Waals surface area contributed by atoms with Crippen molar-refractivity contribution in [3.05, 3.63) is 67.6 Å². The second-order valence-electron chi connectivity index (χ2n) is 9.21. The third kappa shape index (κ3) is 3.71. The summed E-state index contributed by atoms with van der Waals surface area (Å²) in [5.41, 5.74) is -4.13. The Kier molecular flexibility index (Phi) is 5.03. The molecule has 0 amide bonds. The standard InChI is InChI=1S/C25H18F3NO7/c1-11-8-17(30)20-21(34-11)13-6-7-24(2,3)36-22(13)19-14(10-18(31)35-23(19)20)12-4-5-15(25(26,27)28)16(9-12)29(32)33/h4-7,9-11H,8H2,1-3H3. The zero-order valence-electron chi connectivity index (χ0n) is 19.2. The fourth-order valence-corrected chi connectivity index (χ4v) is 4.51. The number of nitro groups is 1. The van der Waals surface area contributed by atoms with Crippen molar-refractivity contribution in [1.82, 2.24) is 0 Å². The van der Waals surface area contributed by atoms with Gasteiger partial charge in [-0.05, 0) is 44.6 Å². The van der Waals surface area contributed by atoms with Crippen molar-refractivity contribution < 1.29 is 36.8 Å². The number of carbonyl (C=O) groups is 1. The summed E-state index contributed by atoms with van der Waals surface area (Å²) in [7, 11) is 0. The smallest absolute Gasteiger partial charge is 0.422 e. The first-order chi connectivity index (χ1) is 16.8. The van der Waals surface area contributed by atoms with E-state index in [1.165, 1.54) is 0 Å². The predicted octanol–water partition coefficient (Wildman–Crippen LogP) is 5.92. The lowest BCUT2D eigenvalue weighted by molar-refractivity contribution is -0.388. The second kappa shape index (κ2) is 7.67. The van der Waals surface area contributed by atoms with Crippen LogP contribution < -0.4 is 15.1 Å². The van der Waals surface area contributed by atoms with E-state index in [2.05, 4.69) is 0 Å². The molecule has 0 bridgehead atoms. The maximum absolute atomic E-state index is 13.4. The Bertz CT molecular complexity index is 1570. The molecule has 3 heterocycles. The van der Waals surface area contributed by atoms with E-state index in [4.69, 9.17) is 13.9 Å². The quantitative estimate of drug-likeness (QED) is 0.243. The Morgan fingerprint density at radius 2 is 1.86 bits per heavy atom. The number of nitro benzene ring substituents is 1. The molecule has 8 nitrogen and oxygen atoms in total. The van der Waals surface area contributed by atoms with Crippen molar-refractivity contribution in [2.45, 2.75) is 45.1 Å². The summed E-state index contributed by atoms with van der Waals surface area (Å²) < 4.78 is 57.7. The minimum atomic E-state index is -4.96. The molecular weight excluding hydrogens is 483 g/mol. The molecule has 1 atom stereocenters. The van der Waals surface area contributed by atoms with Gasteiger partial charge in [0.2, 0.25) is 0 Å². The van der Waals surface area contributed by atoms with Crippen molar-refractivity contribution in [3.63, 3.8) is 0 Å². The molecule has 0 spiro atoms. The van der Waals surface area contributed by atoms with Crippen LogP contribution in [0.5, 0.6) is 11.5 Å². The van der Waals surface area contributed by atoms with Crippen LogP contribution in [0.2, 0.25) is 0 Å². The van der Waals surface area contributed by atoms with Crippen LogP contribution in [0, 0.1) is 10.1 Å². The number of carbonyl (C=O) groups excluding carboxylic acids is 1. The Labute approximate surface area is 201 Å². The summed E-state index contributed by atoms with van der Waals surface area (Å²) in [6.45, 7) is 5.23. The number of rotatable bonds is 2.